The van der Waals surface area contributed by atoms with E-state index < -0.39 is 5.54 Å². The van der Waals surface area contributed by atoms with E-state index in [0.717, 1.165) is 38.9 Å². The van der Waals surface area contributed by atoms with Crippen LogP contribution in [0.25, 0.3) is 0 Å². The van der Waals surface area contributed by atoms with E-state index in [-0.39, 0.29) is 11.8 Å². The second-order valence-corrected chi connectivity index (χ2v) is 5.18. The molecule has 0 aromatic carbocycles. The molecule has 0 aliphatic carbocycles. The first-order valence-corrected chi connectivity index (χ1v) is 6.51. The molecule has 6 nitrogen and oxygen atoms in total. The third-order valence-electron chi connectivity index (χ3n) is 3.51. The van der Waals surface area contributed by atoms with Crippen molar-refractivity contribution in [2.24, 2.45) is 5.84 Å². The largest absolute Gasteiger partial charge is 0.353 e. The maximum absolute atomic E-state index is 11.7. The van der Waals surface area contributed by atoms with Gasteiger partial charge in [0.2, 0.25) is 11.8 Å². The molecule has 104 valence electrons. The van der Waals surface area contributed by atoms with E-state index in [1.165, 1.54) is 0 Å². The van der Waals surface area contributed by atoms with Crippen LogP contribution < -0.4 is 16.6 Å². The molecule has 0 radical (unpaired) electrons. The number of hydrogen-bond donors (Lipinski definition) is 3. The highest BCUT2D eigenvalue weighted by Crippen LogP contribution is 2.18. The minimum absolute atomic E-state index is 0.0938. The van der Waals surface area contributed by atoms with Gasteiger partial charge in [-0.25, -0.2) is 5.84 Å². The molecule has 1 aliphatic rings. The zero-order chi connectivity index (χ0) is 13.6. The molecule has 1 heterocycles. The Hall–Kier alpha value is -1.14. The van der Waals surface area contributed by atoms with Gasteiger partial charge < -0.3 is 5.32 Å². The van der Waals surface area contributed by atoms with Gasteiger partial charge >= 0.3 is 0 Å². The summed E-state index contributed by atoms with van der Waals surface area (Å²) in [5.41, 5.74) is 1.70. The van der Waals surface area contributed by atoms with Gasteiger partial charge in [-0.05, 0) is 33.2 Å². The number of nitrogens with two attached hydrogens (primary N) is 1. The van der Waals surface area contributed by atoms with Gasteiger partial charge in [-0.15, -0.1) is 0 Å². The number of piperazine rings is 1. The van der Waals surface area contributed by atoms with E-state index >= 15 is 0 Å². The van der Waals surface area contributed by atoms with Crippen molar-refractivity contribution >= 4 is 11.8 Å². The lowest BCUT2D eigenvalue weighted by Gasteiger charge is -2.41. The molecule has 0 unspecified atom stereocenters. The zero-order valence-corrected chi connectivity index (χ0v) is 11.3. The van der Waals surface area contributed by atoms with Gasteiger partial charge in [0.15, 0.2) is 0 Å². The maximum atomic E-state index is 11.7. The third kappa shape index (κ3) is 3.96. The molecule has 4 N–H and O–H groups in total. The van der Waals surface area contributed by atoms with Gasteiger partial charge in [-0.2, -0.15) is 0 Å². The average Bonchev–Trinajstić information content (AvgIpc) is 2.33. The van der Waals surface area contributed by atoms with Crippen molar-refractivity contribution in [3.8, 4) is 0 Å². The average molecular weight is 256 g/mol. The van der Waals surface area contributed by atoms with Gasteiger partial charge in [-0.3, -0.25) is 19.9 Å². The second kappa shape index (κ2) is 6.70. The minimum atomic E-state index is -0.424. The number of nitrogens with one attached hydrogen (secondary N) is 2. The number of carbonyl (C=O) groups is 2. The molecule has 0 saturated carbocycles. The Morgan fingerprint density at radius 3 is 2.83 bits per heavy atom. The molecule has 1 aliphatic heterocycles. The van der Waals surface area contributed by atoms with Crippen LogP contribution in [-0.4, -0.2) is 41.9 Å². The van der Waals surface area contributed by atoms with Crippen molar-refractivity contribution in [1.29, 1.82) is 0 Å². The smallest absolute Gasteiger partial charge is 0.239 e. The highest BCUT2D eigenvalue weighted by atomic mass is 16.2. The lowest BCUT2D eigenvalue weighted by Crippen LogP contribution is -2.61. The van der Waals surface area contributed by atoms with Crippen LogP contribution >= 0.6 is 0 Å². The number of unbranched alkanes of at least 4 members (excludes halogenated alkanes) is 2. The van der Waals surface area contributed by atoms with Gasteiger partial charge in [0.05, 0.1) is 5.54 Å². The highest BCUT2D eigenvalue weighted by molar-refractivity contribution is 5.86. The van der Waals surface area contributed by atoms with E-state index in [9.17, 15) is 9.59 Å². The van der Waals surface area contributed by atoms with E-state index in [0.29, 0.717) is 6.42 Å². The third-order valence-corrected chi connectivity index (χ3v) is 3.51. The lowest BCUT2D eigenvalue weighted by molar-refractivity contribution is -0.135. The van der Waals surface area contributed by atoms with Crippen LogP contribution in [0.4, 0.5) is 0 Å². The number of nitrogens with zero attached hydrogens (tertiary/aromatic N) is 1. The molecular weight excluding hydrogens is 232 g/mol. The van der Waals surface area contributed by atoms with Crippen LogP contribution in [0.5, 0.6) is 0 Å². The summed E-state index contributed by atoms with van der Waals surface area (Å²) in [6, 6.07) is 0. The molecule has 1 fully saturated rings. The molecule has 0 bridgehead atoms. The number of amides is 2. The lowest BCUT2D eigenvalue weighted by atomic mass is 9.98. The summed E-state index contributed by atoms with van der Waals surface area (Å²) in [4.78, 5) is 24.9. The quantitative estimate of drug-likeness (QED) is 0.265. The normalized spacial score (nSPS) is 19.4. The first kappa shape index (κ1) is 14.9. The predicted octanol–water partition coefficient (Wildman–Crippen LogP) is -0.253. The van der Waals surface area contributed by atoms with Crippen LogP contribution in [0, 0.1) is 0 Å². The predicted molar refractivity (Wildman–Crippen MR) is 69.5 cm³/mol. The molecule has 2 amide bonds. The summed E-state index contributed by atoms with van der Waals surface area (Å²) in [6.45, 7) is 6.40. The topological polar surface area (TPSA) is 87.5 Å². The summed E-state index contributed by atoms with van der Waals surface area (Å²) in [7, 11) is 0. The number of rotatable bonds is 6. The monoisotopic (exact) mass is 256 g/mol. The van der Waals surface area contributed by atoms with Crippen LogP contribution in [0.2, 0.25) is 0 Å². The molecular formula is C12H24N4O2. The number of carbonyl (C=O) groups excluding carboxylic acids is 2. The van der Waals surface area contributed by atoms with Crippen molar-refractivity contribution in [2.75, 3.05) is 19.6 Å². The number of hydrogen-bond acceptors (Lipinski definition) is 4. The van der Waals surface area contributed by atoms with Gasteiger partial charge in [0, 0.05) is 19.5 Å². The second-order valence-electron chi connectivity index (χ2n) is 5.18. The van der Waals surface area contributed by atoms with Crippen LogP contribution in [0.1, 0.15) is 39.5 Å². The molecule has 0 spiro atoms. The fourth-order valence-corrected chi connectivity index (χ4v) is 2.17. The molecule has 0 atom stereocenters. The standard InChI is InChI=1S/C12H24N4O2/c1-12(2)11(18)14-7-9-16(12)8-5-3-4-6-10(17)15-13/h3-9,13H2,1-2H3,(H,14,18)(H,15,17). The summed E-state index contributed by atoms with van der Waals surface area (Å²) in [6.07, 6.45) is 3.28. The molecule has 0 aromatic heterocycles. The van der Waals surface area contributed by atoms with Crippen LogP contribution in [0.3, 0.4) is 0 Å². The van der Waals surface area contributed by atoms with Gasteiger partial charge in [-0.1, -0.05) is 6.42 Å². The van der Waals surface area contributed by atoms with E-state index in [1.54, 1.807) is 0 Å². The highest BCUT2D eigenvalue weighted by Gasteiger charge is 2.36. The Morgan fingerprint density at radius 1 is 1.44 bits per heavy atom. The Labute approximate surface area is 108 Å². The van der Waals surface area contributed by atoms with Gasteiger partial charge in [0.1, 0.15) is 0 Å². The van der Waals surface area contributed by atoms with E-state index in [2.05, 4.69) is 15.6 Å². The molecule has 6 heteroatoms. The molecule has 0 aromatic rings. The summed E-state index contributed by atoms with van der Waals surface area (Å²) >= 11 is 0. The first-order chi connectivity index (χ1) is 8.48. The molecule has 1 saturated heterocycles. The fourth-order valence-electron chi connectivity index (χ4n) is 2.17. The van der Waals surface area contributed by atoms with Crippen molar-refractivity contribution < 1.29 is 9.59 Å². The van der Waals surface area contributed by atoms with Crippen molar-refractivity contribution in [3.05, 3.63) is 0 Å². The molecule has 18 heavy (non-hydrogen) atoms. The van der Waals surface area contributed by atoms with Crippen LogP contribution in [-0.2, 0) is 9.59 Å². The summed E-state index contributed by atoms with van der Waals surface area (Å²) in [5, 5.41) is 2.88. The Balaban J connectivity index is 2.22. The van der Waals surface area contributed by atoms with E-state index in [1.807, 2.05) is 13.8 Å². The van der Waals surface area contributed by atoms with Crippen molar-refractivity contribution in [1.82, 2.24) is 15.6 Å². The fraction of sp³-hybridized carbons (Fsp3) is 0.833. The van der Waals surface area contributed by atoms with Crippen molar-refractivity contribution in [2.45, 2.75) is 45.1 Å². The summed E-state index contributed by atoms with van der Waals surface area (Å²) in [5.74, 6) is 4.98. The Kier molecular flexibility index (Phi) is 5.55. The van der Waals surface area contributed by atoms with Gasteiger partial charge in [0.25, 0.3) is 0 Å². The van der Waals surface area contributed by atoms with E-state index in [4.69, 9.17) is 5.84 Å². The first-order valence-electron chi connectivity index (χ1n) is 6.51. The SMILES string of the molecule is CC1(C)C(=O)NCCN1CCCCCC(=O)NN. The minimum Gasteiger partial charge on any atom is -0.353 e. The van der Waals surface area contributed by atoms with Crippen molar-refractivity contribution in [3.63, 3.8) is 0 Å². The Morgan fingerprint density at radius 2 is 2.17 bits per heavy atom. The number of hydrazine groups is 1. The Bertz CT molecular complexity index is 304. The maximum Gasteiger partial charge on any atom is 0.239 e. The zero-order valence-electron chi connectivity index (χ0n) is 11.3. The summed E-state index contributed by atoms with van der Waals surface area (Å²) < 4.78 is 0. The van der Waals surface area contributed by atoms with Crippen LogP contribution in [0.15, 0.2) is 0 Å². The molecule has 1 rings (SSSR count).